The van der Waals surface area contributed by atoms with Gasteiger partial charge in [0.05, 0.1) is 0 Å². The van der Waals surface area contributed by atoms with Crippen LogP contribution in [0.2, 0.25) is 0 Å². The number of rotatable bonds is 3. The van der Waals surface area contributed by atoms with Gasteiger partial charge in [-0.2, -0.15) is 0 Å². The highest BCUT2D eigenvalue weighted by Crippen LogP contribution is 2.27. The van der Waals surface area contributed by atoms with Gasteiger partial charge < -0.3 is 5.32 Å². The van der Waals surface area contributed by atoms with Crippen molar-refractivity contribution in [2.75, 3.05) is 5.32 Å². The molecule has 2 rings (SSSR count). The standard InChI is InChI=1S/C13H14N/c1-11(12-7-5-6-8-12)14-13-9-3-2-4-10-13/h2-11,14H,1H3. The Hall–Kier alpha value is -0.980. The first kappa shape index (κ1) is 9.57. The van der Waals surface area contributed by atoms with Crippen molar-refractivity contribution in [3.63, 3.8) is 0 Å². The van der Waals surface area contributed by atoms with E-state index >= 15 is 0 Å². The number of anilines is 1. The molecular weight excluding hydrogens is 170 g/mol. The second kappa shape index (κ2) is 4.50. The zero-order chi connectivity index (χ0) is 9.80. The monoisotopic (exact) mass is 184 g/mol. The van der Waals surface area contributed by atoms with E-state index in [1.165, 1.54) is 11.6 Å². The van der Waals surface area contributed by atoms with Gasteiger partial charge in [0.15, 0.2) is 0 Å². The highest BCUT2D eigenvalue weighted by Gasteiger charge is 2.22. The summed E-state index contributed by atoms with van der Waals surface area (Å²) < 4.78 is 0. The van der Waals surface area contributed by atoms with Gasteiger partial charge in [-0.25, -0.2) is 0 Å². The molecule has 71 valence electrons. The van der Waals surface area contributed by atoms with Gasteiger partial charge in [0.25, 0.3) is 0 Å². The normalized spacial score (nSPS) is 19.5. The quantitative estimate of drug-likeness (QED) is 0.761. The first-order chi connectivity index (χ1) is 6.86. The van der Waals surface area contributed by atoms with E-state index in [0.717, 1.165) is 0 Å². The van der Waals surface area contributed by atoms with E-state index < -0.39 is 0 Å². The van der Waals surface area contributed by atoms with E-state index in [2.05, 4.69) is 50.1 Å². The first-order valence-corrected chi connectivity index (χ1v) is 4.89. The van der Waals surface area contributed by atoms with E-state index in [4.69, 9.17) is 0 Å². The average molecular weight is 184 g/mol. The molecular formula is C13H14N. The number of para-hydroxylation sites is 1. The summed E-state index contributed by atoms with van der Waals surface area (Å²) in [6, 6.07) is 10.6. The zero-order valence-electron chi connectivity index (χ0n) is 8.27. The molecule has 1 aromatic carbocycles. The highest BCUT2D eigenvalue weighted by molar-refractivity contribution is 5.48. The van der Waals surface area contributed by atoms with Crippen LogP contribution in [0.25, 0.3) is 0 Å². The van der Waals surface area contributed by atoms with Crippen LogP contribution >= 0.6 is 0 Å². The fraction of sp³-hybridized carbons (Fsp3) is 0.154. The maximum atomic E-state index is 3.44. The van der Waals surface area contributed by atoms with Crippen LogP contribution in [0, 0.1) is 31.6 Å². The van der Waals surface area contributed by atoms with Gasteiger partial charge in [0.1, 0.15) is 0 Å². The molecule has 1 saturated carbocycles. The molecule has 1 unspecified atom stereocenters. The lowest BCUT2D eigenvalue weighted by Crippen LogP contribution is -2.22. The van der Waals surface area contributed by atoms with Gasteiger partial charge >= 0.3 is 0 Å². The molecule has 0 saturated heterocycles. The predicted molar refractivity (Wildman–Crippen MR) is 60.0 cm³/mol. The molecule has 0 spiro atoms. The van der Waals surface area contributed by atoms with E-state index in [-0.39, 0.29) is 0 Å². The average Bonchev–Trinajstić information content (AvgIpc) is 2.72. The van der Waals surface area contributed by atoms with Crippen molar-refractivity contribution in [1.29, 1.82) is 0 Å². The molecule has 5 radical (unpaired) electrons. The van der Waals surface area contributed by atoms with E-state index in [1.807, 2.05) is 18.2 Å². The largest absolute Gasteiger partial charge is 0.382 e. The second-order valence-corrected chi connectivity index (χ2v) is 3.45. The maximum Gasteiger partial charge on any atom is 0.0342 e. The summed E-state index contributed by atoms with van der Waals surface area (Å²) in [5.74, 6) is 1.33. The molecule has 1 aromatic rings. The summed E-state index contributed by atoms with van der Waals surface area (Å²) in [5.41, 5.74) is 1.17. The summed E-state index contributed by atoms with van der Waals surface area (Å²) >= 11 is 0. The maximum absolute atomic E-state index is 3.44. The predicted octanol–water partition coefficient (Wildman–Crippen LogP) is 2.89. The molecule has 0 aliphatic heterocycles. The zero-order valence-corrected chi connectivity index (χ0v) is 8.27. The molecule has 1 atom stereocenters. The number of hydrogen-bond donors (Lipinski definition) is 1. The molecule has 0 bridgehead atoms. The molecule has 0 heterocycles. The molecule has 1 fully saturated rings. The van der Waals surface area contributed by atoms with Crippen LogP contribution in [-0.4, -0.2) is 6.04 Å². The Bertz CT molecular complexity index is 262. The summed E-state index contributed by atoms with van der Waals surface area (Å²) in [5, 5.41) is 3.44. The Morgan fingerprint density at radius 1 is 1.00 bits per heavy atom. The Morgan fingerprint density at radius 3 is 2.29 bits per heavy atom. The van der Waals surface area contributed by atoms with Crippen LogP contribution in [0.4, 0.5) is 5.69 Å². The van der Waals surface area contributed by atoms with Crippen LogP contribution in [0.5, 0.6) is 0 Å². The molecule has 1 aliphatic rings. The molecule has 0 amide bonds. The van der Waals surface area contributed by atoms with Crippen LogP contribution in [0.3, 0.4) is 0 Å². The van der Waals surface area contributed by atoms with Crippen LogP contribution in [-0.2, 0) is 0 Å². The van der Waals surface area contributed by atoms with Crippen molar-refractivity contribution in [2.24, 2.45) is 0 Å². The summed E-state index contributed by atoms with van der Waals surface area (Å²) in [7, 11) is 0. The second-order valence-electron chi connectivity index (χ2n) is 3.45. The third-order valence-electron chi connectivity index (χ3n) is 2.35. The minimum Gasteiger partial charge on any atom is -0.382 e. The molecule has 1 aliphatic carbocycles. The summed E-state index contributed by atoms with van der Waals surface area (Å²) in [6.45, 7) is 2.17. The molecule has 1 nitrogen and oxygen atoms in total. The Kier molecular flexibility index (Phi) is 3.07. The lowest BCUT2D eigenvalue weighted by atomic mass is 9.99. The van der Waals surface area contributed by atoms with Crippen LogP contribution < -0.4 is 5.32 Å². The van der Waals surface area contributed by atoms with Gasteiger partial charge in [-0.1, -0.05) is 18.2 Å². The number of benzene rings is 1. The van der Waals surface area contributed by atoms with E-state index in [9.17, 15) is 0 Å². The molecule has 14 heavy (non-hydrogen) atoms. The lowest BCUT2D eigenvalue weighted by molar-refractivity contribution is 0.857. The number of hydrogen-bond acceptors (Lipinski definition) is 1. The van der Waals surface area contributed by atoms with E-state index in [0.29, 0.717) is 6.04 Å². The Labute approximate surface area is 86.5 Å². The number of nitrogens with one attached hydrogen (secondary N) is 1. The first-order valence-electron chi connectivity index (χ1n) is 4.89. The fourth-order valence-electron chi connectivity index (χ4n) is 1.55. The smallest absolute Gasteiger partial charge is 0.0342 e. The molecule has 1 N–H and O–H groups in total. The van der Waals surface area contributed by atoms with Crippen molar-refractivity contribution in [3.8, 4) is 0 Å². The highest BCUT2D eigenvalue weighted by atomic mass is 14.9. The van der Waals surface area contributed by atoms with Gasteiger partial charge in [-0.3, -0.25) is 0 Å². The Morgan fingerprint density at radius 2 is 1.64 bits per heavy atom. The van der Waals surface area contributed by atoms with Crippen molar-refractivity contribution >= 4 is 5.69 Å². The summed E-state index contributed by atoms with van der Waals surface area (Å²) in [6.07, 6.45) is 8.41. The van der Waals surface area contributed by atoms with Crippen molar-refractivity contribution in [1.82, 2.24) is 0 Å². The van der Waals surface area contributed by atoms with Gasteiger partial charge in [-0.05, 0) is 44.7 Å². The Balaban J connectivity index is 1.90. The van der Waals surface area contributed by atoms with Gasteiger partial charge in [-0.15, -0.1) is 0 Å². The lowest BCUT2D eigenvalue weighted by Gasteiger charge is -2.20. The van der Waals surface area contributed by atoms with Gasteiger partial charge in [0.2, 0.25) is 0 Å². The topological polar surface area (TPSA) is 12.0 Å². The van der Waals surface area contributed by atoms with Crippen LogP contribution in [0.1, 0.15) is 6.92 Å². The van der Waals surface area contributed by atoms with Crippen molar-refractivity contribution < 1.29 is 0 Å². The fourth-order valence-corrected chi connectivity index (χ4v) is 1.55. The molecule has 1 heteroatoms. The minimum absolute atomic E-state index is 0.368. The third-order valence-corrected chi connectivity index (χ3v) is 2.35. The third kappa shape index (κ3) is 2.28. The molecule has 0 aromatic heterocycles. The SMILES string of the molecule is CC(Nc1ccccc1)[C]1[CH][CH][CH][CH]1. The van der Waals surface area contributed by atoms with Crippen molar-refractivity contribution in [3.05, 3.63) is 61.9 Å². The van der Waals surface area contributed by atoms with Gasteiger partial charge in [0, 0.05) is 17.6 Å². The minimum atomic E-state index is 0.368. The van der Waals surface area contributed by atoms with Crippen LogP contribution in [0.15, 0.2) is 30.3 Å². The van der Waals surface area contributed by atoms with Crippen molar-refractivity contribution in [2.45, 2.75) is 13.0 Å². The summed E-state index contributed by atoms with van der Waals surface area (Å²) in [4.78, 5) is 0. The van der Waals surface area contributed by atoms with E-state index in [1.54, 1.807) is 0 Å².